The van der Waals surface area contributed by atoms with E-state index in [2.05, 4.69) is 25.9 Å². The number of carbonyl (C=O) groups excluding carboxylic acids is 1. The average molecular weight is 357 g/mol. The highest BCUT2D eigenvalue weighted by Crippen LogP contribution is 2.28. The van der Waals surface area contributed by atoms with Gasteiger partial charge in [0.05, 0.1) is 11.3 Å². The van der Waals surface area contributed by atoms with E-state index in [1.165, 1.54) is 6.92 Å². The number of rotatable bonds is 3. The maximum atomic E-state index is 11.2. The van der Waals surface area contributed by atoms with Crippen molar-refractivity contribution in [2.24, 2.45) is 4.99 Å². The molecule has 22 heavy (non-hydrogen) atoms. The van der Waals surface area contributed by atoms with Crippen molar-refractivity contribution in [2.45, 2.75) is 6.92 Å². The van der Waals surface area contributed by atoms with Crippen LogP contribution in [-0.4, -0.2) is 22.1 Å². The first kappa shape index (κ1) is 14.5. The van der Waals surface area contributed by atoms with Gasteiger partial charge >= 0.3 is 0 Å². The summed E-state index contributed by atoms with van der Waals surface area (Å²) >= 11 is 3.42. The maximum Gasteiger partial charge on any atom is 0.198 e. The molecule has 0 aliphatic rings. The fourth-order valence-corrected chi connectivity index (χ4v) is 2.58. The third kappa shape index (κ3) is 2.80. The van der Waals surface area contributed by atoms with Gasteiger partial charge in [-0.15, -0.1) is 0 Å². The zero-order valence-corrected chi connectivity index (χ0v) is 13.4. The number of nitrogens with zero attached hydrogens (tertiary/aromatic N) is 1. The predicted octanol–water partition coefficient (Wildman–Crippen LogP) is 4.59. The quantitative estimate of drug-likeness (QED) is 0.532. The Morgan fingerprint density at radius 1 is 1.23 bits per heavy atom. The Morgan fingerprint density at radius 2 is 1.95 bits per heavy atom. The van der Waals surface area contributed by atoms with Crippen molar-refractivity contribution in [2.75, 3.05) is 0 Å². The molecule has 5 heteroatoms. The van der Waals surface area contributed by atoms with Crippen LogP contribution in [0.15, 0.2) is 51.9 Å². The third-order valence-corrected chi connectivity index (χ3v) is 3.89. The first-order valence-corrected chi connectivity index (χ1v) is 7.49. The highest BCUT2D eigenvalue weighted by atomic mass is 79.9. The molecule has 0 amide bonds. The van der Waals surface area contributed by atoms with Crippen LogP contribution in [-0.2, 0) is 0 Å². The topological polar surface area (TPSA) is 65.4 Å². The Kier molecular flexibility index (Phi) is 3.81. The van der Waals surface area contributed by atoms with Gasteiger partial charge in [0.2, 0.25) is 0 Å². The lowest BCUT2D eigenvalue weighted by atomic mass is 10.1. The van der Waals surface area contributed by atoms with Gasteiger partial charge in [0, 0.05) is 27.2 Å². The maximum absolute atomic E-state index is 11.2. The molecule has 3 rings (SSSR count). The number of Topliss-reactive ketones (excluding diaryl/α,β-unsaturated/α-hetero) is 1. The summed E-state index contributed by atoms with van der Waals surface area (Å²) < 4.78 is 0.930. The number of nitrogens with one attached hydrogen (secondary N) is 1. The van der Waals surface area contributed by atoms with Crippen molar-refractivity contribution in [3.8, 4) is 5.88 Å². The number of hydrogen-bond donors (Lipinski definition) is 2. The van der Waals surface area contributed by atoms with Crippen molar-refractivity contribution >= 4 is 44.5 Å². The molecular weight excluding hydrogens is 344 g/mol. The van der Waals surface area contributed by atoms with Gasteiger partial charge in [0.25, 0.3) is 0 Å². The van der Waals surface area contributed by atoms with Crippen LogP contribution in [0.1, 0.15) is 22.8 Å². The number of halogens is 1. The van der Waals surface area contributed by atoms with Crippen molar-refractivity contribution in [3.63, 3.8) is 0 Å². The zero-order chi connectivity index (χ0) is 15.7. The Morgan fingerprint density at radius 3 is 2.64 bits per heavy atom. The fourth-order valence-electron chi connectivity index (χ4n) is 2.22. The highest BCUT2D eigenvalue weighted by Gasteiger charge is 2.09. The lowest BCUT2D eigenvalue weighted by Gasteiger charge is -1.97. The molecule has 4 nitrogen and oxygen atoms in total. The number of ketones is 1. The van der Waals surface area contributed by atoms with Crippen molar-refractivity contribution in [3.05, 3.63) is 58.1 Å². The van der Waals surface area contributed by atoms with E-state index in [1.807, 2.05) is 18.2 Å². The Hall–Kier alpha value is -2.40. The molecule has 0 saturated carbocycles. The normalized spacial score (nSPS) is 11.4. The van der Waals surface area contributed by atoms with Gasteiger partial charge in [-0.05, 0) is 49.4 Å². The molecule has 0 unspecified atom stereocenters. The van der Waals surface area contributed by atoms with Crippen molar-refractivity contribution in [1.82, 2.24) is 4.98 Å². The summed E-state index contributed by atoms with van der Waals surface area (Å²) in [5, 5.41) is 10.9. The molecule has 0 spiro atoms. The van der Waals surface area contributed by atoms with Crippen LogP contribution in [0.3, 0.4) is 0 Å². The fraction of sp³-hybridized carbons (Fsp3) is 0.0588. The van der Waals surface area contributed by atoms with Gasteiger partial charge in [-0.1, -0.05) is 15.9 Å². The monoisotopic (exact) mass is 356 g/mol. The van der Waals surface area contributed by atoms with E-state index in [-0.39, 0.29) is 11.7 Å². The van der Waals surface area contributed by atoms with Crippen LogP contribution in [0, 0.1) is 0 Å². The first-order valence-electron chi connectivity index (χ1n) is 6.70. The summed E-state index contributed by atoms with van der Waals surface area (Å²) in [4.78, 5) is 18.5. The molecule has 110 valence electrons. The second kappa shape index (κ2) is 5.77. The number of aliphatic imine (C=N–C) groups is 1. The molecule has 0 bridgehead atoms. The minimum absolute atomic E-state index is 0.0228. The summed E-state index contributed by atoms with van der Waals surface area (Å²) in [6.07, 6.45) is 1.61. The molecular formula is C17H13BrN2O2. The van der Waals surface area contributed by atoms with Crippen LogP contribution in [0.2, 0.25) is 0 Å². The van der Waals surface area contributed by atoms with Gasteiger partial charge in [0.1, 0.15) is 0 Å². The molecule has 1 heterocycles. The van der Waals surface area contributed by atoms with E-state index in [9.17, 15) is 9.90 Å². The number of aromatic nitrogens is 1. The van der Waals surface area contributed by atoms with E-state index >= 15 is 0 Å². The summed E-state index contributed by atoms with van der Waals surface area (Å²) in [7, 11) is 0. The van der Waals surface area contributed by atoms with E-state index in [0.29, 0.717) is 16.8 Å². The zero-order valence-electron chi connectivity index (χ0n) is 11.8. The number of benzene rings is 2. The van der Waals surface area contributed by atoms with Crippen LogP contribution < -0.4 is 0 Å². The van der Waals surface area contributed by atoms with Crippen LogP contribution in [0.25, 0.3) is 10.9 Å². The lowest BCUT2D eigenvalue weighted by molar-refractivity contribution is 0.101. The number of hydrogen-bond acceptors (Lipinski definition) is 3. The lowest BCUT2D eigenvalue weighted by Crippen LogP contribution is -1.89. The summed E-state index contributed by atoms with van der Waals surface area (Å²) in [5.41, 5.74) is 2.84. The Bertz CT molecular complexity index is 880. The molecule has 0 aliphatic heterocycles. The van der Waals surface area contributed by atoms with Crippen molar-refractivity contribution in [1.29, 1.82) is 0 Å². The molecule has 2 aromatic carbocycles. The summed E-state index contributed by atoms with van der Waals surface area (Å²) in [6, 6.07) is 12.7. The second-order valence-electron chi connectivity index (χ2n) is 4.94. The number of H-pyrrole nitrogens is 1. The molecule has 0 atom stereocenters. The third-order valence-electron chi connectivity index (χ3n) is 3.40. The predicted molar refractivity (Wildman–Crippen MR) is 91.4 cm³/mol. The largest absolute Gasteiger partial charge is 0.494 e. The second-order valence-corrected chi connectivity index (χ2v) is 5.85. The molecule has 0 aliphatic carbocycles. The van der Waals surface area contributed by atoms with Gasteiger partial charge in [-0.25, -0.2) is 0 Å². The first-order chi connectivity index (χ1) is 10.5. The molecule has 0 radical (unpaired) electrons. The Labute approximate surface area is 135 Å². The van der Waals surface area contributed by atoms with Crippen LogP contribution in [0.4, 0.5) is 5.69 Å². The van der Waals surface area contributed by atoms with E-state index in [1.54, 1.807) is 30.5 Å². The van der Waals surface area contributed by atoms with Gasteiger partial charge in [0.15, 0.2) is 11.7 Å². The molecule has 2 N–H and O–H groups in total. The smallest absolute Gasteiger partial charge is 0.198 e. The van der Waals surface area contributed by atoms with Crippen molar-refractivity contribution < 1.29 is 9.90 Å². The summed E-state index contributed by atoms with van der Waals surface area (Å²) in [6.45, 7) is 1.53. The standard InChI is InChI=1S/C17H13BrN2O2/c1-10(21)11-2-5-13(6-3-11)19-9-15-14-8-12(18)4-7-16(14)20-17(15)22/h2-9,20,22H,1H3. The molecule has 3 aromatic rings. The number of aromatic hydroxyl groups is 1. The van der Waals surface area contributed by atoms with E-state index in [0.717, 1.165) is 15.4 Å². The SMILES string of the molecule is CC(=O)c1ccc(N=Cc2c(O)[nH]c3ccc(Br)cc23)cc1. The van der Waals surface area contributed by atoms with Crippen LogP contribution >= 0.6 is 15.9 Å². The highest BCUT2D eigenvalue weighted by molar-refractivity contribution is 9.10. The number of carbonyl (C=O) groups is 1. The van der Waals surface area contributed by atoms with E-state index < -0.39 is 0 Å². The average Bonchev–Trinajstić information content (AvgIpc) is 2.80. The van der Waals surface area contributed by atoms with Gasteiger partial charge in [-0.3, -0.25) is 9.79 Å². The molecule has 0 saturated heterocycles. The number of aromatic amines is 1. The summed E-state index contributed by atoms with van der Waals surface area (Å²) in [5.74, 6) is 0.104. The Balaban J connectivity index is 1.96. The minimum atomic E-state index is 0.0228. The van der Waals surface area contributed by atoms with Crippen LogP contribution in [0.5, 0.6) is 5.88 Å². The molecule has 0 fully saturated rings. The van der Waals surface area contributed by atoms with Gasteiger partial charge < -0.3 is 10.1 Å². The van der Waals surface area contributed by atoms with Gasteiger partial charge in [-0.2, -0.15) is 0 Å². The minimum Gasteiger partial charge on any atom is -0.494 e. The number of fused-ring (bicyclic) bond motifs is 1. The van der Waals surface area contributed by atoms with E-state index in [4.69, 9.17) is 0 Å². The molecule has 1 aromatic heterocycles.